The normalized spacial score (nSPS) is 25.8. The number of aliphatic hydroxyl groups excluding tert-OH is 1. The summed E-state index contributed by atoms with van der Waals surface area (Å²) in [6.07, 6.45) is 3.56. The number of carbonyl (C=O) groups is 1. The number of ether oxygens (including phenoxy) is 1. The van der Waals surface area contributed by atoms with Crippen LogP contribution in [-0.4, -0.2) is 36.9 Å². The third-order valence-corrected chi connectivity index (χ3v) is 3.63. The standard InChI is InChI=1S/C13H25NO3/c1-3-10(5-7-15)9-14-13(16)11-6-8-17-12(11)4-2/h10-12,15H,3-9H2,1-2H3,(H,14,16). The number of carbonyl (C=O) groups excluding carboxylic acids is 1. The van der Waals surface area contributed by atoms with Crippen molar-refractivity contribution in [2.75, 3.05) is 19.8 Å². The molecule has 4 nitrogen and oxygen atoms in total. The second-order valence-electron chi connectivity index (χ2n) is 4.74. The van der Waals surface area contributed by atoms with Crippen molar-refractivity contribution in [1.29, 1.82) is 0 Å². The van der Waals surface area contributed by atoms with Gasteiger partial charge in [-0.25, -0.2) is 0 Å². The molecule has 1 saturated heterocycles. The Morgan fingerprint density at radius 1 is 1.53 bits per heavy atom. The highest BCUT2D eigenvalue weighted by Crippen LogP contribution is 2.23. The highest BCUT2D eigenvalue weighted by molar-refractivity contribution is 5.79. The molecule has 1 aliphatic heterocycles. The van der Waals surface area contributed by atoms with Crippen LogP contribution in [0.5, 0.6) is 0 Å². The Balaban J connectivity index is 2.33. The highest BCUT2D eigenvalue weighted by Gasteiger charge is 2.32. The van der Waals surface area contributed by atoms with Crippen molar-refractivity contribution in [2.45, 2.75) is 45.6 Å². The van der Waals surface area contributed by atoms with Crippen LogP contribution < -0.4 is 5.32 Å². The molecule has 0 saturated carbocycles. The lowest BCUT2D eigenvalue weighted by atomic mass is 9.97. The summed E-state index contributed by atoms with van der Waals surface area (Å²) >= 11 is 0. The molecule has 0 aromatic rings. The van der Waals surface area contributed by atoms with Crippen LogP contribution in [0.1, 0.15) is 39.5 Å². The zero-order valence-corrected chi connectivity index (χ0v) is 10.9. The van der Waals surface area contributed by atoms with E-state index >= 15 is 0 Å². The lowest BCUT2D eigenvalue weighted by molar-refractivity contribution is -0.126. The fourth-order valence-electron chi connectivity index (χ4n) is 2.36. The van der Waals surface area contributed by atoms with Crippen LogP contribution in [0.4, 0.5) is 0 Å². The average Bonchev–Trinajstić information content (AvgIpc) is 2.82. The van der Waals surface area contributed by atoms with E-state index in [2.05, 4.69) is 19.2 Å². The molecule has 3 unspecified atom stereocenters. The molecule has 3 atom stereocenters. The van der Waals surface area contributed by atoms with E-state index < -0.39 is 0 Å². The average molecular weight is 243 g/mol. The smallest absolute Gasteiger partial charge is 0.225 e. The molecule has 0 spiro atoms. The van der Waals surface area contributed by atoms with Gasteiger partial charge in [0.15, 0.2) is 0 Å². The Kier molecular flexibility index (Phi) is 6.52. The Labute approximate surface area is 104 Å². The second kappa shape index (κ2) is 7.67. The first kappa shape index (κ1) is 14.5. The summed E-state index contributed by atoms with van der Waals surface area (Å²) in [4.78, 5) is 12.0. The number of amides is 1. The second-order valence-corrected chi connectivity index (χ2v) is 4.74. The Bertz CT molecular complexity index is 233. The van der Waals surface area contributed by atoms with E-state index in [0.29, 0.717) is 19.1 Å². The van der Waals surface area contributed by atoms with Gasteiger partial charge >= 0.3 is 0 Å². The van der Waals surface area contributed by atoms with Crippen LogP contribution in [0, 0.1) is 11.8 Å². The zero-order valence-electron chi connectivity index (χ0n) is 10.9. The molecule has 4 heteroatoms. The van der Waals surface area contributed by atoms with Crippen LogP contribution in [0.2, 0.25) is 0 Å². The van der Waals surface area contributed by atoms with Gasteiger partial charge in [0.1, 0.15) is 0 Å². The summed E-state index contributed by atoms with van der Waals surface area (Å²) in [5, 5.41) is 11.9. The predicted octanol–water partition coefficient (Wildman–Crippen LogP) is 1.33. The van der Waals surface area contributed by atoms with Crippen LogP contribution in [0.25, 0.3) is 0 Å². The van der Waals surface area contributed by atoms with E-state index in [1.165, 1.54) is 0 Å². The van der Waals surface area contributed by atoms with Crippen LogP contribution in [-0.2, 0) is 9.53 Å². The number of rotatable bonds is 7. The fourth-order valence-corrected chi connectivity index (χ4v) is 2.36. The number of nitrogens with one attached hydrogen (secondary N) is 1. The summed E-state index contributed by atoms with van der Waals surface area (Å²) < 4.78 is 5.52. The molecule has 1 heterocycles. The van der Waals surface area contributed by atoms with Crippen LogP contribution in [0.15, 0.2) is 0 Å². The number of aliphatic hydroxyl groups is 1. The van der Waals surface area contributed by atoms with Crippen molar-refractivity contribution >= 4 is 5.91 Å². The van der Waals surface area contributed by atoms with E-state index in [1.807, 2.05) is 0 Å². The molecule has 0 aromatic carbocycles. The number of hydrogen-bond acceptors (Lipinski definition) is 3. The predicted molar refractivity (Wildman–Crippen MR) is 66.6 cm³/mol. The topological polar surface area (TPSA) is 58.6 Å². The third-order valence-electron chi connectivity index (χ3n) is 3.63. The first-order valence-electron chi connectivity index (χ1n) is 6.73. The van der Waals surface area contributed by atoms with Gasteiger partial charge < -0.3 is 15.2 Å². The van der Waals surface area contributed by atoms with Gasteiger partial charge in [0.25, 0.3) is 0 Å². The number of hydrogen-bond donors (Lipinski definition) is 2. The van der Waals surface area contributed by atoms with E-state index in [0.717, 1.165) is 25.7 Å². The van der Waals surface area contributed by atoms with Crippen molar-refractivity contribution in [2.24, 2.45) is 11.8 Å². The quantitative estimate of drug-likeness (QED) is 0.709. The summed E-state index contributed by atoms with van der Waals surface area (Å²) in [7, 11) is 0. The van der Waals surface area contributed by atoms with Gasteiger partial charge in [0.2, 0.25) is 5.91 Å². The van der Waals surface area contributed by atoms with E-state index in [9.17, 15) is 4.79 Å². The van der Waals surface area contributed by atoms with Crippen molar-refractivity contribution in [3.63, 3.8) is 0 Å². The molecule has 0 aromatic heterocycles. The van der Waals surface area contributed by atoms with Gasteiger partial charge in [0, 0.05) is 19.8 Å². The first-order chi connectivity index (χ1) is 8.22. The summed E-state index contributed by atoms with van der Waals surface area (Å²) in [5.74, 6) is 0.517. The van der Waals surface area contributed by atoms with Crippen molar-refractivity contribution in [3.8, 4) is 0 Å². The van der Waals surface area contributed by atoms with Gasteiger partial charge in [0.05, 0.1) is 12.0 Å². The minimum atomic E-state index is 0.0200. The van der Waals surface area contributed by atoms with E-state index in [-0.39, 0.29) is 24.5 Å². The van der Waals surface area contributed by atoms with Gasteiger partial charge in [-0.15, -0.1) is 0 Å². The largest absolute Gasteiger partial charge is 0.396 e. The van der Waals surface area contributed by atoms with Crippen molar-refractivity contribution < 1.29 is 14.6 Å². The highest BCUT2D eigenvalue weighted by atomic mass is 16.5. The monoisotopic (exact) mass is 243 g/mol. The summed E-state index contributed by atoms with van der Waals surface area (Å²) in [6.45, 7) is 5.70. The molecule has 1 fully saturated rings. The molecule has 2 N–H and O–H groups in total. The van der Waals surface area contributed by atoms with Crippen LogP contribution in [0.3, 0.4) is 0 Å². The van der Waals surface area contributed by atoms with Crippen molar-refractivity contribution in [3.05, 3.63) is 0 Å². The molecular formula is C13H25NO3. The summed E-state index contributed by atoms with van der Waals surface area (Å²) in [5.41, 5.74) is 0. The molecular weight excluding hydrogens is 218 g/mol. The SMILES string of the molecule is CCC(CCO)CNC(=O)C1CCOC1CC. The zero-order chi connectivity index (χ0) is 12.7. The van der Waals surface area contributed by atoms with E-state index in [4.69, 9.17) is 9.84 Å². The first-order valence-corrected chi connectivity index (χ1v) is 6.73. The maximum Gasteiger partial charge on any atom is 0.225 e. The molecule has 1 rings (SSSR count). The molecule has 17 heavy (non-hydrogen) atoms. The van der Waals surface area contributed by atoms with Gasteiger partial charge in [-0.2, -0.15) is 0 Å². The maximum atomic E-state index is 12.0. The lowest BCUT2D eigenvalue weighted by Gasteiger charge is -2.19. The molecule has 100 valence electrons. The van der Waals surface area contributed by atoms with Gasteiger partial charge in [-0.05, 0) is 25.2 Å². The van der Waals surface area contributed by atoms with Gasteiger partial charge in [-0.1, -0.05) is 20.3 Å². The molecule has 0 radical (unpaired) electrons. The maximum absolute atomic E-state index is 12.0. The molecule has 1 aliphatic rings. The molecule has 0 bridgehead atoms. The van der Waals surface area contributed by atoms with E-state index in [1.54, 1.807) is 0 Å². The fraction of sp³-hybridized carbons (Fsp3) is 0.923. The minimum absolute atomic E-state index is 0.0200. The molecule has 0 aliphatic carbocycles. The minimum Gasteiger partial charge on any atom is -0.396 e. The third kappa shape index (κ3) is 4.28. The van der Waals surface area contributed by atoms with Crippen LogP contribution >= 0.6 is 0 Å². The van der Waals surface area contributed by atoms with Gasteiger partial charge in [-0.3, -0.25) is 4.79 Å². The Morgan fingerprint density at radius 3 is 2.88 bits per heavy atom. The molecule has 1 amide bonds. The summed E-state index contributed by atoms with van der Waals surface area (Å²) in [6, 6.07) is 0. The Morgan fingerprint density at radius 2 is 2.29 bits per heavy atom. The van der Waals surface area contributed by atoms with Crippen molar-refractivity contribution in [1.82, 2.24) is 5.32 Å². The lowest BCUT2D eigenvalue weighted by Crippen LogP contribution is -2.37. The Hall–Kier alpha value is -0.610.